The van der Waals surface area contributed by atoms with Crippen LogP contribution in [0.2, 0.25) is 0 Å². The molecule has 28 heavy (non-hydrogen) atoms. The number of esters is 1. The third-order valence-electron chi connectivity index (χ3n) is 5.24. The van der Waals surface area contributed by atoms with Crippen LogP contribution in [0.15, 0.2) is 29.6 Å². The van der Waals surface area contributed by atoms with Crippen molar-refractivity contribution in [1.29, 1.82) is 0 Å². The summed E-state index contributed by atoms with van der Waals surface area (Å²) in [6.45, 7) is 5.06. The lowest BCUT2D eigenvalue weighted by Gasteiger charge is -2.23. The molecule has 0 saturated carbocycles. The molecule has 1 aliphatic heterocycles. The van der Waals surface area contributed by atoms with Crippen molar-refractivity contribution in [2.24, 2.45) is 0 Å². The number of carbonyl (C=O) groups is 1. The van der Waals surface area contributed by atoms with Crippen molar-refractivity contribution < 1.29 is 19.0 Å². The van der Waals surface area contributed by atoms with Gasteiger partial charge in [-0.15, -0.1) is 11.3 Å². The van der Waals surface area contributed by atoms with E-state index in [4.69, 9.17) is 14.2 Å². The molecule has 6 heteroatoms. The molecule has 4 rings (SSSR count). The van der Waals surface area contributed by atoms with E-state index in [1.54, 1.807) is 25.6 Å². The van der Waals surface area contributed by atoms with Crippen molar-refractivity contribution in [2.75, 3.05) is 20.8 Å². The number of ether oxygens (including phenoxy) is 3. The highest BCUT2D eigenvalue weighted by Crippen LogP contribution is 2.46. The van der Waals surface area contributed by atoms with Crippen LogP contribution in [0.1, 0.15) is 28.5 Å². The van der Waals surface area contributed by atoms with Crippen molar-refractivity contribution in [3.05, 3.63) is 46.5 Å². The average molecular weight is 397 g/mol. The van der Waals surface area contributed by atoms with Crippen molar-refractivity contribution in [1.82, 2.24) is 4.57 Å². The number of nitrogens with zero attached hydrogens (tertiary/aromatic N) is 1. The molecule has 0 saturated heterocycles. The average Bonchev–Trinajstić information content (AvgIpc) is 3.33. The molecule has 0 aliphatic carbocycles. The molecule has 5 nitrogen and oxygen atoms in total. The first-order valence-electron chi connectivity index (χ1n) is 9.30. The van der Waals surface area contributed by atoms with E-state index in [0.29, 0.717) is 23.7 Å². The Morgan fingerprint density at radius 1 is 1.21 bits per heavy atom. The Morgan fingerprint density at radius 3 is 2.61 bits per heavy atom. The highest BCUT2D eigenvalue weighted by molar-refractivity contribution is 7.13. The summed E-state index contributed by atoms with van der Waals surface area (Å²) in [7, 11) is 3.26. The van der Waals surface area contributed by atoms with Gasteiger partial charge in [-0.05, 0) is 49.4 Å². The predicted molar refractivity (Wildman–Crippen MR) is 111 cm³/mol. The second kappa shape index (κ2) is 7.36. The Hall–Kier alpha value is -2.73. The maximum Gasteiger partial charge on any atom is 0.341 e. The van der Waals surface area contributed by atoms with Crippen LogP contribution in [-0.2, 0) is 17.7 Å². The Labute approximate surface area is 168 Å². The number of aryl methyl sites for hydroxylation is 1. The summed E-state index contributed by atoms with van der Waals surface area (Å²) < 4.78 is 18.7. The van der Waals surface area contributed by atoms with Crippen LogP contribution < -0.4 is 9.47 Å². The normalized spacial score (nSPS) is 12.3. The first-order valence-corrected chi connectivity index (χ1v) is 10.2. The summed E-state index contributed by atoms with van der Waals surface area (Å²) >= 11 is 1.63. The molecule has 0 N–H and O–H groups in total. The third-order valence-corrected chi connectivity index (χ3v) is 6.13. The monoisotopic (exact) mass is 397 g/mol. The van der Waals surface area contributed by atoms with Crippen molar-refractivity contribution in [3.63, 3.8) is 0 Å². The van der Waals surface area contributed by atoms with E-state index in [0.717, 1.165) is 45.9 Å². The predicted octanol–water partition coefficient (Wildman–Crippen LogP) is 4.94. The quantitative estimate of drug-likeness (QED) is 0.572. The molecule has 1 aliphatic rings. The largest absolute Gasteiger partial charge is 0.493 e. The Balaban J connectivity index is 2.03. The maximum atomic E-state index is 13.0. The molecule has 0 unspecified atom stereocenters. The molecule has 3 aromatic rings. The van der Waals surface area contributed by atoms with Crippen molar-refractivity contribution in [3.8, 4) is 33.2 Å². The van der Waals surface area contributed by atoms with Gasteiger partial charge in [0.1, 0.15) is 0 Å². The lowest BCUT2D eigenvalue weighted by Crippen LogP contribution is -2.15. The van der Waals surface area contributed by atoms with Gasteiger partial charge in [-0.25, -0.2) is 4.79 Å². The third kappa shape index (κ3) is 2.79. The second-order valence-corrected chi connectivity index (χ2v) is 7.60. The van der Waals surface area contributed by atoms with Crippen LogP contribution in [0.4, 0.5) is 0 Å². The molecule has 3 heterocycles. The van der Waals surface area contributed by atoms with Crippen molar-refractivity contribution in [2.45, 2.75) is 26.8 Å². The molecule has 2 aromatic heterocycles. The number of benzene rings is 1. The first-order chi connectivity index (χ1) is 13.6. The fourth-order valence-corrected chi connectivity index (χ4v) is 4.83. The summed E-state index contributed by atoms with van der Waals surface area (Å²) in [6, 6.07) is 8.05. The Morgan fingerprint density at radius 2 is 1.96 bits per heavy atom. The number of aromatic nitrogens is 1. The van der Waals surface area contributed by atoms with Gasteiger partial charge in [-0.3, -0.25) is 0 Å². The number of hydrogen-bond acceptors (Lipinski definition) is 5. The summed E-state index contributed by atoms with van der Waals surface area (Å²) in [6.07, 6.45) is 0.865. The van der Waals surface area contributed by atoms with E-state index in [9.17, 15) is 4.79 Å². The van der Waals surface area contributed by atoms with Gasteiger partial charge in [0.15, 0.2) is 11.5 Å². The second-order valence-electron chi connectivity index (χ2n) is 6.65. The number of carbonyl (C=O) groups excluding carboxylic acids is 1. The van der Waals surface area contributed by atoms with E-state index in [1.165, 1.54) is 0 Å². The zero-order chi connectivity index (χ0) is 19.8. The minimum absolute atomic E-state index is 0.287. The fraction of sp³-hybridized carbons (Fsp3) is 0.318. The van der Waals surface area contributed by atoms with Crippen LogP contribution in [-0.4, -0.2) is 31.4 Å². The highest BCUT2D eigenvalue weighted by Gasteiger charge is 2.32. The summed E-state index contributed by atoms with van der Waals surface area (Å²) in [5.74, 6) is 1.07. The molecule has 0 spiro atoms. The number of thiophene rings is 1. The van der Waals surface area contributed by atoms with E-state index >= 15 is 0 Å². The van der Waals surface area contributed by atoms with E-state index < -0.39 is 0 Å². The van der Waals surface area contributed by atoms with Gasteiger partial charge in [-0.2, -0.15) is 0 Å². The minimum Gasteiger partial charge on any atom is -0.493 e. The lowest BCUT2D eigenvalue weighted by molar-refractivity contribution is 0.0528. The summed E-state index contributed by atoms with van der Waals surface area (Å²) in [5.41, 5.74) is 5.73. The molecular formula is C22H23NO4S. The lowest BCUT2D eigenvalue weighted by atomic mass is 9.94. The number of fused-ring (bicyclic) bond motifs is 3. The molecule has 0 bridgehead atoms. The van der Waals surface area contributed by atoms with Gasteiger partial charge < -0.3 is 18.8 Å². The maximum absolute atomic E-state index is 13.0. The standard InChI is InChI=1S/C22H23NO4S/c1-5-27-22(24)20-19(18-7-6-10-28-18)13(2)23-9-8-14-11-16(25-3)17(26-4)12-15(14)21(20)23/h6-7,10-12H,5,8-9H2,1-4H3. The van der Waals surface area contributed by atoms with Gasteiger partial charge >= 0.3 is 5.97 Å². The topological polar surface area (TPSA) is 49.7 Å². The van der Waals surface area contributed by atoms with Gasteiger partial charge in [-0.1, -0.05) is 6.07 Å². The van der Waals surface area contributed by atoms with Crippen LogP contribution in [0, 0.1) is 6.92 Å². The molecule has 0 radical (unpaired) electrons. The van der Waals surface area contributed by atoms with E-state index in [2.05, 4.69) is 17.6 Å². The van der Waals surface area contributed by atoms with Crippen molar-refractivity contribution >= 4 is 17.3 Å². The zero-order valence-electron chi connectivity index (χ0n) is 16.5. The van der Waals surface area contributed by atoms with Crippen LogP contribution in [0.3, 0.4) is 0 Å². The smallest absolute Gasteiger partial charge is 0.341 e. The molecule has 0 fully saturated rings. The fourth-order valence-electron chi connectivity index (χ4n) is 4.00. The summed E-state index contributed by atoms with van der Waals surface area (Å²) in [5, 5.41) is 2.03. The minimum atomic E-state index is -0.287. The van der Waals surface area contributed by atoms with Gasteiger partial charge in [0.05, 0.1) is 32.1 Å². The van der Waals surface area contributed by atoms with Crippen LogP contribution >= 0.6 is 11.3 Å². The number of rotatable bonds is 5. The van der Waals surface area contributed by atoms with E-state index in [-0.39, 0.29) is 5.97 Å². The molecule has 1 aromatic carbocycles. The number of hydrogen-bond donors (Lipinski definition) is 0. The van der Waals surface area contributed by atoms with Gasteiger partial charge in [0, 0.05) is 28.2 Å². The first kappa shape index (κ1) is 18.6. The Kier molecular flexibility index (Phi) is 4.89. The van der Waals surface area contributed by atoms with Gasteiger partial charge in [0.25, 0.3) is 0 Å². The highest BCUT2D eigenvalue weighted by atomic mass is 32.1. The van der Waals surface area contributed by atoms with Gasteiger partial charge in [0.2, 0.25) is 0 Å². The Bertz CT molecular complexity index is 1030. The molecular weight excluding hydrogens is 374 g/mol. The molecule has 0 atom stereocenters. The molecule has 146 valence electrons. The molecule has 0 amide bonds. The van der Waals surface area contributed by atoms with Crippen LogP contribution in [0.5, 0.6) is 11.5 Å². The SMILES string of the molecule is CCOC(=O)c1c(-c2cccs2)c(C)n2c1-c1cc(OC)c(OC)cc1CC2. The zero-order valence-corrected chi connectivity index (χ0v) is 17.3. The summed E-state index contributed by atoms with van der Waals surface area (Å²) in [4.78, 5) is 14.1. The van der Waals surface area contributed by atoms with Crippen LogP contribution in [0.25, 0.3) is 21.7 Å². The van der Waals surface area contributed by atoms with E-state index in [1.807, 2.05) is 30.5 Å². The number of methoxy groups -OCH3 is 2.